The van der Waals surface area contributed by atoms with Gasteiger partial charge < -0.3 is 9.47 Å². The number of nitrogens with one attached hydrogen (secondary N) is 1. The molecule has 5 heteroatoms. The van der Waals surface area contributed by atoms with Crippen LogP contribution in [0.1, 0.15) is 5.56 Å². The molecule has 0 unspecified atom stereocenters. The molecule has 5 nitrogen and oxygen atoms in total. The number of nitrogens with zero attached hydrogens (tertiary/aromatic N) is 1. The molecule has 1 heterocycles. The molecule has 1 N–H and O–H groups in total. The Morgan fingerprint density at radius 2 is 2.05 bits per heavy atom. The van der Waals surface area contributed by atoms with Crippen LogP contribution >= 0.6 is 0 Å². The summed E-state index contributed by atoms with van der Waals surface area (Å²) in [6, 6.07) is 11.6. The maximum Gasteiger partial charge on any atom is 0.259 e. The molecule has 0 saturated heterocycles. The van der Waals surface area contributed by atoms with Crippen LogP contribution < -0.4 is 15.0 Å². The van der Waals surface area contributed by atoms with Crippen LogP contribution in [0.4, 0.5) is 5.69 Å². The lowest BCUT2D eigenvalue weighted by Gasteiger charge is -2.13. The third-order valence-electron chi connectivity index (χ3n) is 2.68. The predicted octanol–water partition coefficient (Wildman–Crippen LogP) is 3.20. The van der Waals surface area contributed by atoms with E-state index in [2.05, 4.69) is 17.0 Å². The lowest BCUT2D eigenvalue weighted by molar-refractivity contribution is 0.178. The van der Waals surface area contributed by atoms with Crippen LogP contribution in [0.2, 0.25) is 0 Å². The Morgan fingerprint density at radius 1 is 1.24 bits per heavy atom. The van der Waals surface area contributed by atoms with Gasteiger partial charge in [-0.15, -0.1) is 0 Å². The van der Waals surface area contributed by atoms with Crippen LogP contribution in [0.3, 0.4) is 0 Å². The third kappa shape index (κ3) is 4.22. The third-order valence-corrected chi connectivity index (χ3v) is 2.68. The number of benzene rings is 1. The fourth-order valence-electron chi connectivity index (χ4n) is 1.72. The van der Waals surface area contributed by atoms with Crippen LogP contribution in [0, 0.1) is 0 Å². The first kappa shape index (κ1) is 14.9. The minimum absolute atomic E-state index is 0.359. The fraction of sp³-hybridized carbons (Fsp3) is 0.188. The Bertz CT molecular complexity index is 573. The molecule has 0 aliphatic heterocycles. The summed E-state index contributed by atoms with van der Waals surface area (Å²) in [5.74, 6) is 0.887. The minimum Gasteiger partial charge on any atom is -0.490 e. The minimum atomic E-state index is 0.359. The van der Waals surface area contributed by atoms with Gasteiger partial charge in [-0.1, -0.05) is 43.0 Å². The van der Waals surface area contributed by atoms with Gasteiger partial charge in [-0.25, -0.2) is 4.98 Å². The summed E-state index contributed by atoms with van der Waals surface area (Å²) in [5, 5.41) is 0. The molecule has 0 fully saturated rings. The highest BCUT2D eigenvalue weighted by Gasteiger charge is 2.11. The molecule has 0 saturated carbocycles. The van der Waals surface area contributed by atoms with E-state index in [-0.39, 0.29) is 0 Å². The van der Waals surface area contributed by atoms with Gasteiger partial charge in [0.2, 0.25) is 5.75 Å². The number of methoxy groups -OCH3 is 1. The molecule has 0 amide bonds. The first-order valence-electron chi connectivity index (χ1n) is 6.53. The molecule has 0 radical (unpaired) electrons. The molecular weight excluding hydrogens is 268 g/mol. The van der Waals surface area contributed by atoms with Gasteiger partial charge in [-0.2, -0.15) is 0 Å². The smallest absolute Gasteiger partial charge is 0.259 e. The molecule has 2 rings (SSSR count). The number of hydrogen-bond acceptors (Lipinski definition) is 5. The average molecular weight is 286 g/mol. The maximum atomic E-state index is 5.47. The van der Waals surface area contributed by atoms with Crippen LogP contribution in [0.5, 0.6) is 11.6 Å². The fourth-order valence-corrected chi connectivity index (χ4v) is 1.72. The van der Waals surface area contributed by atoms with Crippen molar-refractivity contribution in [2.45, 2.75) is 6.61 Å². The number of hydrogen-bond donors (Lipinski definition) is 1. The molecule has 110 valence electrons. The Kier molecular flexibility index (Phi) is 5.60. The summed E-state index contributed by atoms with van der Waals surface area (Å²) < 4.78 is 10.7. The average Bonchev–Trinajstić information content (AvgIpc) is 2.54. The van der Waals surface area contributed by atoms with Gasteiger partial charge in [0.25, 0.3) is 5.88 Å². The van der Waals surface area contributed by atoms with Gasteiger partial charge in [0.05, 0.1) is 13.7 Å². The van der Waals surface area contributed by atoms with Crippen molar-refractivity contribution < 1.29 is 14.3 Å². The van der Waals surface area contributed by atoms with Gasteiger partial charge >= 0.3 is 0 Å². The van der Waals surface area contributed by atoms with Crippen LogP contribution in [0.25, 0.3) is 0 Å². The maximum absolute atomic E-state index is 5.47. The molecule has 0 spiro atoms. The standard InChI is InChI=1S/C16H18N2O3/c1-3-11-20-16-15(19-2)14(9-10-17-16)18-21-12-13-7-5-4-6-8-13/h3-10H,1,11-12H2,2H3,(H,17,18). The SMILES string of the molecule is C=CCOc1nccc(NOCc2ccccc2)c1OC. The van der Waals surface area contributed by atoms with Crippen molar-refractivity contribution in [3.05, 3.63) is 60.8 Å². The summed E-state index contributed by atoms with van der Waals surface area (Å²) in [7, 11) is 1.56. The van der Waals surface area contributed by atoms with E-state index in [9.17, 15) is 0 Å². The molecule has 0 atom stereocenters. The molecule has 21 heavy (non-hydrogen) atoms. The van der Waals surface area contributed by atoms with Crippen molar-refractivity contribution in [3.8, 4) is 11.6 Å². The van der Waals surface area contributed by atoms with Crippen molar-refractivity contribution in [3.63, 3.8) is 0 Å². The quantitative estimate of drug-likeness (QED) is 0.596. The highest BCUT2D eigenvalue weighted by atomic mass is 16.6. The monoisotopic (exact) mass is 286 g/mol. The van der Waals surface area contributed by atoms with Crippen LogP contribution in [-0.2, 0) is 11.4 Å². The Morgan fingerprint density at radius 3 is 2.76 bits per heavy atom. The van der Waals surface area contributed by atoms with Crippen LogP contribution in [0.15, 0.2) is 55.3 Å². The zero-order valence-electron chi connectivity index (χ0n) is 11.9. The molecule has 1 aromatic carbocycles. The first-order valence-corrected chi connectivity index (χ1v) is 6.53. The second-order valence-corrected chi connectivity index (χ2v) is 4.17. The van der Waals surface area contributed by atoms with E-state index in [4.69, 9.17) is 14.3 Å². The number of ether oxygens (including phenoxy) is 2. The number of anilines is 1. The number of pyridine rings is 1. The van der Waals surface area contributed by atoms with Gasteiger partial charge in [-0.3, -0.25) is 10.3 Å². The summed E-state index contributed by atoms with van der Waals surface area (Å²) >= 11 is 0. The highest BCUT2D eigenvalue weighted by molar-refractivity contribution is 5.59. The van der Waals surface area contributed by atoms with Crippen molar-refractivity contribution in [2.75, 3.05) is 19.2 Å². The zero-order chi connectivity index (χ0) is 14.9. The lowest BCUT2D eigenvalue weighted by atomic mass is 10.2. The van der Waals surface area contributed by atoms with Gasteiger partial charge in [0.15, 0.2) is 0 Å². The molecule has 0 bridgehead atoms. The number of aromatic nitrogens is 1. The van der Waals surface area contributed by atoms with E-state index in [0.717, 1.165) is 5.56 Å². The van der Waals surface area contributed by atoms with Gasteiger partial charge in [0, 0.05) is 6.20 Å². The lowest BCUT2D eigenvalue weighted by Crippen LogP contribution is -2.05. The van der Waals surface area contributed by atoms with Crippen molar-refractivity contribution in [2.24, 2.45) is 0 Å². The number of rotatable bonds is 8. The highest BCUT2D eigenvalue weighted by Crippen LogP contribution is 2.32. The first-order chi connectivity index (χ1) is 10.3. The van der Waals surface area contributed by atoms with Crippen molar-refractivity contribution >= 4 is 5.69 Å². The predicted molar refractivity (Wildman–Crippen MR) is 81.3 cm³/mol. The zero-order valence-corrected chi connectivity index (χ0v) is 11.9. The normalized spacial score (nSPS) is 9.95. The topological polar surface area (TPSA) is 52.6 Å². The summed E-state index contributed by atoms with van der Waals surface area (Å²) in [4.78, 5) is 9.60. The van der Waals surface area contributed by atoms with Crippen molar-refractivity contribution in [1.29, 1.82) is 0 Å². The van der Waals surface area contributed by atoms with E-state index in [1.165, 1.54) is 0 Å². The van der Waals surface area contributed by atoms with E-state index < -0.39 is 0 Å². The molecular formula is C16H18N2O3. The van der Waals surface area contributed by atoms with E-state index in [1.54, 1.807) is 25.4 Å². The summed E-state index contributed by atoms with van der Waals surface area (Å²) in [6.45, 7) is 4.40. The van der Waals surface area contributed by atoms with Crippen LogP contribution in [-0.4, -0.2) is 18.7 Å². The largest absolute Gasteiger partial charge is 0.490 e. The second-order valence-electron chi connectivity index (χ2n) is 4.17. The summed E-state index contributed by atoms with van der Waals surface area (Å²) in [6.07, 6.45) is 3.27. The molecule has 0 aliphatic carbocycles. The van der Waals surface area contributed by atoms with Gasteiger partial charge in [0.1, 0.15) is 12.3 Å². The van der Waals surface area contributed by atoms with E-state index in [1.807, 2.05) is 30.3 Å². The Labute approximate surface area is 124 Å². The van der Waals surface area contributed by atoms with E-state index in [0.29, 0.717) is 30.5 Å². The van der Waals surface area contributed by atoms with Crippen molar-refractivity contribution in [1.82, 2.24) is 4.98 Å². The molecule has 0 aliphatic rings. The Hall–Kier alpha value is -2.53. The Balaban J connectivity index is 2.00. The second kappa shape index (κ2) is 7.91. The van der Waals surface area contributed by atoms with E-state index >= 15 is 0 Å². The molecule has 1 aromatic heterocycles. The molecule has 2 aromatic rings. The van der Waals surface area contributed by atoms with Gasteiger partial charge in [-0.05, 0) is 11.6 Å². The summed E-state index contributed by atoms with van der Waals surface area (Å²) in [5.41, 5.74) is 4.58.